The zero-order valence-corrected chi connectivity index (χ0v) is 7.93. The summed E-state index contributed by atoms with van der Waals surface area (Å²) in [7, 11) is 0. The normalized spacial score (nSPS) is 10.1. The molecular weight excluding hydrogens is 169 g/mol. The lowest BCUT2D eigenvalue weighted by molar-refractivity contribution is 0.270. The smallest absolute Gasteiger partial charge is 0.125 e. The van der Waals surface area contributed by atoms with Gasteiger partial charge in [-0.1, -0.05) is 0 Å². The first-order valence-corrected chi connectivity index (χ1v) is 4.20. The van der Waals surface area contributed by atoms with Gasteiger partial charge >= 0.3 is 0 Å². The Hall–Kier alpha value is -1.25. The fourth-order valence-electron chi connectivity index (χ4n) is 1.35. The molecular formula is C10H14FNO. The summed E-state index contributed by atoms with van der Waals surface area (Å²) >= 11 is 0. The largest absolute Gasteiger partial charge is 0.490 e. The van der Waals surface area contributed by atoms with E-state index in [4.69, 9.17) is 10.5 Å². The maximum absolute atomic E-state index is 11.9. The van der Waals surface area contributed by atoms with E-state index in [1.54, 1.807) is 0 Å². The lowest BCUT2D eigenvalue weighted by Crippen LogP contribution is -2.02. The summed E-state index contributed by atoms with van der Waals surface area (Å²) in [5.74, 6) is 0.742. The molecule has 0 atom stereocenters. The van der Waals surface area contributed by atoms with Gasteiger partial charge in [0.05, 0.1) is 0 Å². The average Bonchev–Trinajstić information content (AvgIpc) is 2.02. The Kier molecular flexibility index (Phi) is 3.12. The molecule has 3 heteroatoms. The van der Waals surface area contributed by atoms with E-state index >= 15 is 0 Å². The first kappa shape index (κ1) is 9.84. The van der Waals surface area contributed by atoms with Gasteiger partial charge in [0.1, 0.15) is 19.0 Å². The van der Waals surface area contributed by atoms with Gasteiger partial charge in [0.2, 0.25) is 0 Å². The maximum Gasteiger partial charge on any atom is 0.125 e. The van der Waals surface area contributed by atoms with Crippen molar-refractivity contribution in [2.45, 2.75) is 13.8 Å². The molecule has 1 aromatic rings. The van der Waals surface area contributed by atoms with Crippen LogP contribution in [0.4, 0.5) is 10.1 Å². The van der Waals surface area contributed by atoms with Crippen LogP contribution >= 0.6 is 0 Å². The minimum atomic E-state index is -0.469. The van der Waals surface area contributed by atoms with E-state index in [0.29, 0.717) is 5.69 Å². The lowest BCUT2D eigenvalue weighted by atomic mass is 10.1. The molecule has 0 spiro atoms. The number of aryl methyl sites for hydroxylation is 2. The highest BCUT2D eigenvalue weighted by Crippen LogP contribution is 2.25. The number of hydrogen-bond acceptors (Lipinski definition) is 2. The number of alkyl halides is 1. The summed E-state index contributed by atoms with van der Waals surface area (Å²) in [6, 6.07) is 3.64. The van der Waals surface area contributed by atoms with Crippen molar-refractivity contribution in [3.05, 3.63) is 23.3 Å². The third-order valence-electron chi connectivity index (χ3n) is 1.81. The van der Waals surface area contributed by atoms with Gasteiger partial charge in [-0.05, 0) is 37.1 Å². The molecule has 0 fully saturated rings. The van der Waals surface area contributed by atoms with Gasteiger partial charge in [0.15, 0.2) is 0 Å². The third-order valence-corrected chi connectivity index (χ3v) is 1.81. The Balaban J connectivity index is 2.92. The van der Waals surface area contributed by atoms with Gasteiger partial charge in [-0.15, -0.1) is 0 Å². The standard InChI is InChI=1S/C10H14FNO/c1-7-5-9(12)6-8(2)10(7)13-4-3-11/h5-6H,3-4,12H2,1-2H3. The predicted molar refractivity (Wildman–Crippen MR) is 51.8 cm³/mol. The van der Waals surface area contributed by atoms with Crippen LogP contribution < -0.4 is 10.5 Å². The van der Waals surface area contributed by atoms with Crippen LogP contribution in [0.5, 0.6) is 5.75 Å². The molecule has 2 N–H and O–H groups in total. The first-order chi connectivity index (χ1) is 6.15. The zero-order valence-electron chi connectivity index (χ0n) is 7.93. The molecule has 0 heterocycles. The van der Waals surface area contributed by atoms with Gasteiger partial charge in [0.25, 0.3) is 0 Å². The molecule has 2 nitrogen and oxygen atoms in total. The Labute approximate surface area is 77.5 Å². The predicted octanol–water partition coefficient (Wildman–Crippen LogP) is 2.23. The van der Waals surface area contributed by atoms with Crippen molar-refractivity contribution in [2.75, 3.05) is 19.0 Å². The monoisotopic (exact) mass is 183 g/mol. The van der Waals surface area contributed by atoms with Crippen LogP contribution in [0.3, 0.4) is 0 Å². The van der Waals surface area contributed by atoms with Crippen LogP contribution in [0, 0.1) is 13.8 Å². The lowest BCUT2D eigenvalue weighted by Gasteiger charge is -2.11. The van der Waals surface area contributed by atoms with Crippen LogP contribution in [0.25, 0.3) is 0 Å². The Morgan fingerprint density at radius 1 is 1.31 bits per heavy atom. The van der Waals surface area contributed by atoms with Crippen molar-refractivity contribution in [3.63, 3.8) is 0 Å². The molecule has 0 aliphatic carbocycles. The molecule has 1 rings (SSSR count). The highest BCUT2D eigenvalue weighted by molar-refractivity contribution is 5.52. The molecule has 0 bridgehead atoms. The molecule has 0 saturated heterocycles. The minimum Gasteiger partial charge on any atom is -0.490 e. The molecule has 0 saturated carbocycles. The van der Waals surface area contributed by atoms with E-state index in [1.165, 1.54) is 0 Å². The van der Waals surface area contributed by atoms with Crippen LogP contribution in [0.2, 0.25) is 0 Å². The van der Waals surface area contributed by atoms with Crippen molar-refractivity contribution >= 4 is 5.69 Å². The van der Waals surface area contributed by atoms with E-state index in [0.717, 1.165) is 16.9 Å². The topological polar surface area (TPSA) is 35.2 Å². The minimum absolute atomic E-state index is 0.103. The van der Waals surface area contributed by atoms with E-state index < -0.39 is 6.67 Å². The quantitative estimate of drug-likeness (QED) is 0.729. The van der Waals surface area contributed by atoms with E-state index in [9.17, 15) is 4.39 Å². The highest BCUT2D eigenvalue weighted by Gasteiger charge is 2.04. The van der Waals surface area contributed by atoms with Gasteiger partial charge < -0.3 is 10.5 Å². The highest BCUT2D eigenvalue weighted by atomic mass is 19.1. The number of ether oxygens (including phenoxy) is 1. The molecule has 72 valence electrons. The Morgan fingerprint density at radius 3 is 2.31 bits per heavy atom. The van der Waals surface area contributed by atoms with Gasteiger partial charge in [0, 0.05) is 5.69 Å². The molecule has 1 aromatic carbocycles. The van der Waals surface area contributed by atoms with Crippen molar-refractivity contribution < 1.29 is 9.13 Å². The second-order valence-corrected chi connectivity index (χ2v) is 3.02. The first-order valence-electron chi connectivity index (χ1n) is 4.20. The second kappa shape index (κ2) is 4.12. The van der Waals surface area contributed by atoms with Crippen LogP contribution in [-0.4, -0.2) is 13.3 Å². The maximum atomic E-state index is 11.9. The number of benzene rings is 1. The van der Waals surface area contributed by atoms with Gasteiger partial charge in [-0.3, -0.25) is 0 Å². The number of halogens is 1. The number of nitrogen functional groups attached to an aromatic ring is 1. The third kappa shape index (κ3) is 2.34. The summed E-state index contributed by atoms with van der Waals surface area (Å²) in [4.78, 5) is 0. The molecule has 0 radical (unpaired) electrons. The van der Waals surface area contributed by atoms with E-state index in [2.05, 4.69) is 0 Å². The SMILES string of the molecule is Cc1cc(N)cc(C)c1OCCF. The summed E-state index contributed by atoms with van der Waals surface area (Å²) in [6.45, 7) is 3.43. The Bertz CT molecular complexity index is 276. The van der Waals surface area contributed by atoms with Crippen LogP contribution in [-0.2, 0) is 0 Å². The molecule has 0 aromatic heterocycles. The van der Waals surface area contributed by atoms with E-state index in [-0.39, 0.29) is 6.61 Å². The summed E-state index contributed by atoms with van der Waals surface area (Å²) in [6.07, 6.45) is 0. The molecule has 0 aliphatic rings. The number of hydrogen-bond donors (Lipinski definition) is 1. The number of nitrogens with two attached hydrogens (primary N) is 1. The average molecular weight is 183 g/mol. The van der Waals surface area contributed by atoms with E-state index in [1.807, 2.05) is 26.0 Å². The van der Waals surface area contributed by atoms with Crippen molar-refractivity contribution in [1.29, 1.82) is 0 Å². The summed E-state index contributed by atoms with van der Waals surface area (Å²) in [5.41, 5.74) is 8.24. The number of anilines is 1. The summed E-state index contributed by atoms with van der Waals surface area (Å²) in [5, 5.41) is 0. The second-order valence-electron chi connectivity index (χ2n) is 3.02. The van der Waals surface area contributed by atoms with Gasteiger partial charge in [-0.2, -0.15) is 0 Å². The van der Waals surface area contributed by atoms with Crippen molar-refractivity contribution in [2.24, 2.45) is 0 Å². The fraction of sp³-hybridized carbons (Fsp3) is 0.400. The Morgan fingerprint density at radius 2 is 1.85 bits per heavy atom. The summed E-state index contributed by atoms with van der Waals surface area (Å²) < 4.78 is 17.1. The van der Waals surface area contributed by atoms with Crippen molar-refractivity contribution in [3.8, 4) is 5.75 Å². The number of rotatable bonds is 3. The molecule has 0 aliphatic heterocycles. The molecule has 0 unspecified atom stereocenters. The molecule has 13 heavy (non-hydrogen) atoms. The molecule has 0 amide bonds. The van der Waals surface area contributed by atoms with Crippen LogP contribution in [0.15, 0.2) is 12.1 Å². The van der Waals surface area contributed by atoms with Gasteiger partial charge in [-0.25, -0.2) is 4.39 Å². The zero-order chi connectivity index (χ0) is 9.84. The fourth-order valence-corrected chi connectivity index (χ4v) is 1.35. The van der Waals surface area contributed by atoms with Crippen molar-refractivity contribution in [1.82, 2.24) is 0 Å². The van der Waals surface area contributed by atoms with Crippen LogP contribution in [0.1, 0.15) is 11.1 Å².